The smallest absolute Gasteiger partial charge is 0.471 e. The summed E-state index contributed by atoms with van der Waals surface area (Å²) >= 11 is 1.57. The van der Waals surface area contributed by atoms with Gasteiger partial charge in [0.15, 0.2) is 6.29 Å². The molecule has 4 aromatic carbocycles. The summed E-state index contributed by atoms with van der Waals surface area (Å²) in [6.45, 7) is 1.98. The van der Waals surface area contributed by atoms with Crippen molar-refractivity contribution in [1.29, 1.82) is 0 Å². The summed E-state index contributed by atoms with van der Waals surface area (Å²) in [5.41, 5.74) is 5.26. The predicted molar refractivity (Wildman–Crippen MR) is 192 cm³/mol. The summed E-state index contributed by atoms with van der Waals surface area (Å²) in [7, 11) is 0. The molecule has 0 bridgehead atoms. The quantitative estimate of drug-likeness (QED) is 0.137. The molecule has 2 heterocycles. The molecule has 4 aromatic rings. The molecule has 2 amide bonds. The van der Waals surface area contributed by atoms with Gasteiger partial charge >= 0.3 is 18.1 Å². The number of carboxylic acid groups (broad SMARTS) is 1. The van der Waals surface area contributed by atoms with Gasteiger partial charge in [-0.05, 0) is 71.0 Å². The molecule has 2 aliphatic heterocycles. The van der Waals surface area contributed by atoms with Crippen molar-refractivity contribution in [3.8, 4) is 11.1 Å². The maximum absolute atomic E-state index is 13.0. The second-order valence-corrected chi connectivity index (χ2v) is 14.3. The summed E-state index contributed by atoms with van der Waals surface area (Å²) in [6, 6.07) is 28.4. The number of hydrogen-bond donors (Lipinski definition) is 3. The van der Waals surface area contributed by atoms with E-state index in [1.807, 2.05) is 72.8 Å². The summed E-state index contributed by atoms with van der Waals surface area (Å²) in [6.07, 6.45) is -5.76. The Bertz CT molecular complexity index is 1910. The molecule has 0 spiro atoms. The highest BCUT2D eigenvalue weighted by Gasteiger charge is 2.47. The molecule has 53 heavy (non-hydrogen) atoms. The number of halogens is 3. The van der Waals surface area contributed by atoms with Crippen LogP contribution in [0.4, 0.5) is 13.2 Å². The average Bonchev–Trinajstić information content (AvgIpc) is 3.66. The SMILES string of the molecule is C[C@H]1[C@@H](CSc2ccc(C(=O)O)cc2)O[C@@H](c2ccc(-c3cccc(CNC(=O)[C@@H]4CCCN4C(=O)C(F)(F)F)c3)cc2)O[C@H]1c1ccc(CO)cc1. The van der Waals surface area contributed by atoms with E-state index in [1.54, 1.807) is 36.0 Å². The van der Waals surface area contributed by atoms with Crippen molar-refractivity contribution < 1.29 is 47.2 Å². The second kappa shape index (κ2) is 16.5. The van der Waals surface area contributed by atoms with E-state index < -0.39 is 36.3 Å². The Hall–Kier alpha value is -4.69. The minimum atomic E-state index is -5.03. The fraction of sp³-hybridized carbons (Fsp3) is 0.325. The van der Waals surface area contributed by atoms with Crippen molar-refractivity contribution in [2.24, 2.45) is 5.92 Å². The fourth-order valence-electron chi connectivity index (χ4n) is 6.63. The number of nitrogens with zero attached hydrogens (tertiary/aromatic N) is 1. The lowest BCUT2D eigenvalue weighted by Gasteiger charge is -2.41. The van der Waals surface area contributed by atoms with Crippen LogP contribution in [-0.4, -0.2) is 63.5 Å². The van der Waals surface area contributed by atoms with Gasteiger partial charge in [0.05, 0.1) is 24.4 Å². The molecule has 9 nitrogen and oxygen atoms in total. The Morgan fingerprint density at radius 1 is 0.887 bits per heavy atom. The van der Waals surface area contributed by atoms with Gasteiger partial charge in [0.25, 0.3) is 0 Å². The number of aliphatic hydroxyl groups excluding tert-OH is 1. The predicted octanol–water partition coefficient (Wildman–Crippen LogP) is 7.30. The van der Waals surface area contributed by atoms with Crippen LogP contribution in [0.2, 0.25) is 0 Å². The highest BCUT2D eigenvalue weighted by Crippen LogP contribution is 2.43. The van der Waals surface area contributed by atoms with E-state index in [0.717, 1.165) is 38.3 Å². The van der Waals surface area contributed by atoms with Gasteiger partial charge in [0.1, 0.15) is 6.04 Å². The topological polar surface area (TPSA) is 125 Å². The van der Waals surface area contributed by atoms with Crippen LogP contribution in [0.3, 0.4) is 0 Å². The molecule has 0 radical (unpaired) electrons. The van der Waals surface area contributed by atoms with Gasteiger partial charge in [-0.25, -0.2) is 4.79 Å². The maximum Gasteiger partial charge on any atom is 0.471 e. The lowest BCUT2D eigenvalue weighted by atomic mass is 9.91. The van der Waals surface area contributed by atoms with E-state index in [4.69, 9.17) is 9.47 Å². The van der Waals surface area contributed by atoms with Crippen LogP contribution in [0.1, 0.15) is 64.8 Å². The summed E-state index contributed by atoms with van der Waals surface area (Å²) in [4.78, 5) is 37.4. The lowest BCUT2D eigenvalue weighted by Crippen LogP contribution is -2.50. The fourth-order valence-corrected chi connectivity index (χ4v) is 7.70. The van der Waals surface area contributed by atoms with E-state index >= 15 is 0 Å². The van der Waals surface area contributed by atoms with Crippen molar-refractivity contribution >= 4 is 29.5 Å². The van der Waals surface area contributed by atoms with Crippen LogP contribution in [-0.2, 0) is 32.2 Å². The Morgan fingerprint density at radius 2 is 1.58 bits per heavy atom. The van der Waals surface area contributed by atoms with E-state index in [0.29, 0.717) is 17.1 Å². The third kappa shape index (κ3) is 9.10. The van der Waals surface area contributed by atoms with Crippen LogP contribution in [0.25, 0.3) is 11.1 Å². The monoisotopic (exact) mass is 748 g/mol. The number of carbonyl (C=O) groups is 3. The Kier molecular flexibility index (Phi) is 11.9. The molecule has 13 heteroatoms. The van der Waals surface area contributed by atoms with Crippen molar-refractivity contribution in [1.82, 2.24) is 10.2 Å². The maximum atomic E-state index is 13.0. The molecule has 0 aromatic heterocycles. The molecule has 0 aliphatic carbocycles. The van der Waals surface area contributed by atoms with Crippen molar-refractivity contribution in [3.05, 3.63) is 125 Å². The Morgan fingerprint density at radius 3 is 2.25 bits per heavy atom. The summed E-state index contributed by atoms with van der Waals surface area (Å²) < 4.78 is 52.2. The molecule has 0 unspecified atom stereocenters. The first-order valence-electron chi connectivity index (χ1n) is 17.2. The highest BCUT2D eigenvalue weighted by molar-refractivity contribution is 7.99. The molecule has 2 fully saturated rings. The van der Waals surface area contributed by atoms with Crippen LogP contribution in [0.5, 0.6) is 0 Å². The van der Waals surface area contributed by atoms with Crippen LogP contribution in [0, 0.1) is 5.92 Å². The normalized spacial score (nSPS) is 21.7. The molecule has 278 valence electrons. The third-order valence-corrected chi connectivity index (χ3v) is 10.7. The number of amides is 2. The van der Waals surface area contributed by atoms with Crippen molar-refractivity contribution in [2.45, 2.75) is 68.5 Å². The number of hydrogen-bond acceptors (Lipinski definition) is 7. The number of alkyl halides is 3. The molecule has 0 saturated carbocycles. The molecule has 5 atom stereocenters. The number of carboxylic acids is 1. The molecule has 3 N–H and O–H groups in total. The molecule has 2 saturated heterocycles. The zero-order chi connectivity index (χ0) is 37.7. The number of rotatable bonds is 11. The standard InChI is InChI=1S/C40H39F3N2O7S/c1-24-34(23-53-32-17-15-29(16-18-32)37(48)49)51-38(52-35(24)28-9-7-25(22-46)8-10-28)30-13-11-27(12-14-30)31-5-2-4-26(20-31)21-44-36(47)33-6-3-19-45(33)39(50)40(41,42)43/h2,4-5,7-18,20,24,33-35,38,46H,3,6,19,21-23H2,1H3,(H,44,47)(H,48,49)/t24-,33-,34+,35+,38+/m0/s1. The number of thioether (sulfide) groups is 1. The number of likely N-dealkylation sites (tertiary alicyclic amines) is 1. The van der Waals surface area contributed by atoms with Crippen LogP contribution < -0.4 is 5.32 Å². The zero-order valence-electron chi connectivity index (χ0n) is 28.8. The molecule has 6 rings (SSSR count). The van der Waals surface area contributed by atoms with Gasteiger partial charge in [0.2, 0.25) is 5.91 Å². The van der Waals surface area contributed by atoms with Gasteiger partial charge in [-0.2, -0.15) is 13.2 Å². The number of nitrogens with one attached hydrogen (secondary N) is 1. The van der Waals surface area contributed by atoms with Gasteiger partial charge in [-0.3, -0.25) is 9.59 Å². The minimum absolute atomic E-state index is 0.0404. The van der Waals surface area contributed by atoms with Crippen molar-refractivity contribution in [2.75, 3.05) is 12.3 Å². The van der Waals surface area contributed by atoms with Gasteiger partial charge < -0.3 is 29.9 Å². The molecular weight excluding hydrogens is 710 g/mol. The Balaban J connectivity index is 1.14. The average molecular weight is 749 g/mol. The second-order valence-electron chi connectivity index (χ2n) is 13.2. The number of ether oxygens (including phenoxy) is 2. The van der Waals surface area contributed by atoms with E-state index in [9.17, 15) is 37.8 Å². The summed E-state index contributed by atoms with van der Waals surface area (Å²) in [5, 5.41) is 21.5. The largest absolute Gasteiger partial charge is 0.478 e. The van der Waals surface area contributed by atoms with Crippen LogP contribution >= 0.6 is 11.8 Å². The number of benzene rings is 4. The van der Waals surface area contributed by atoms with Gasteiger partial charge in [-0.15, -0.1) is 11.8 Å². The summed E-state index contributed by atoms with van der Waals surface area (Å²) in [5.74, 6) is -3.04. The Labute approximate surface area is 309 Å². The third-order valence-electron chi connectivity index (χ3n) is 9.61. The first-order valence-corrected chi connectivity index (χ1v) is 18.2. The number of aromatic carboxylic acids is 1. The highest BCUT2D eigenvalue weighted by atomic mass is 32.2. The van der Waals surface area contributed by atoms with E-state index in [1.165, 1.54) is 0 Å². The first kappa shape index (κ1) is 38.0. The first-order chi connectivity index (χ1) is 25.4. The number of aliphatic hydroxyl groups is 1. The van der Waals surface area contributed by atoms with Crippen LogP contribution in [0.15, 0.2) is 102 Å². The van der Waals surface area contributed by atoms with E-state index in [-0.39, 0.29) is 49.8 Å². The van der Waals surface area contributed by atoms with Gasteiger partial charge in [0, 0.05) is 35.2 Å². The molecular formula is C40H39F3N2O7S. The van der Waals surface area contributed by atoms with Crippen molar-refractivity contribution in [3.63, 3.8) is 0 Å². The minimum Gasteiger partial charge on any atom is -0.478 e. The number of carbonyl (C=O) groups excluding carboxylic acids is 2. The molecule has 2 aliphatic rings. The van der Waals surface area contributed by atoms with E-state index in [2.05, 4.69) is 12.2 Å². The lowest BCUT2D eigenvalue weighted by molar-refractivity contribution is -0.268. The van der Waals surface area contributed by atoms with Gasteiger partial charge in [-0.1, -0.05) is 73.7 Å². The zero-order valence-corrected chi connectivity index (χ0v) is 29.6.